The van der Waals surface area contributed by atoms with Gasteiger partial charge in [-0.1, -0.05) is 0 Å². The smallest absolute Gasteiger partial charge is 0.343 e. The van der Waals surface area contributed by atoms with E-state index in [-0.39, 0.29) is 17.0 Å². The molecule has 0 aliphatic rings. The predicted molar refractivity (Wildman–Crippen MR) is 73.2 cm³/mol. The van der Waals surface area contributed by atoms with Crippen LogP contribution in [0.5, 0.6) is 5.88 Å². The van der Waals surface area contributed by atoms with E-state index in [1.54, 1.807) is 0 Å². The van der Waals surface area contributed by atoms with Crippen LogP contribution in [-0.4, -0.2) is 49.2 Å². The predicted octanol–water partition coefficient (Wildman–Crippen LogP) is 1.17. The fourth-order valence-electron chi connectivity index (χ4n) is 1.21. The molecule has 0 bridgehead atoms. The van der Waals surface area contributed by atoms with Crippen LogP contribution in [0.2, 0.25) is 0 Å². The average molecular weight is 267 g/mol. The van der Waals surface area contributed by atoms with E-state index in [1.807, 2.05) is 32.8 Å². The molecule has 6 nitrogen and oxygen atoms in total. The van der Waals surface area contributed by atoms with Crippen molar-refractivity contribution in [3.63, 3.8) is 0 Å². The maximum Gasteiger partial charge on any atom is 0.343 e. The molecule has 0 saturated heterocycles. The Morgan fingerprint density at radius 1 is 1.47 bits per heavy atom. The number of hydrogen-bond donors (Lipinski definition) is 1. The molecule has 0 atom stereocenters. The van der Waals surface area contributed by atoms with Crippen molar-refractivity contribution in [1.82, 2.24) is 9.88 Å². The summed E-state index contributed by atoms with van der Waals surface area (Å²) in [7, 11) is 5.22. The Bertz CT molecular complexity index is 458. The van der Waals surface area contributed by atoms with Crippen LogP contribution in [0.1, 0.15) is 24.2 Å². The number of aromatic nitrogens is 1. The van der Waals surface area contributed by atoms with Gasteiger partial charge in [-0.2, -0.15) is 0 Å². The first-order valence-electron chi connectivity index (χ1n) is 5.92. The van der Waals surface area contributed by atoms with Gasteiger partial charge in [0.2, 0.25) is 5.88 Å². The minimum absolute atomic E-state index is 0.184. The molecule has 0 amide bonds. The highest BCUT2D eigenvalue weighted by atomic mass is 16.5. The number of rotatable bonds is 5. The Labute approximate surface area is 113 Å². The zero-order chi connectivity index (χ0) is 14.6. The largest absolute Gasteiger partial charge is 0.475 e. The zero-order valence-electron chi connectivity index (χ0n) is 12.1. The number of carbonyl (C=O) groups is 1. The molecule has 1 heterocycles. The van der Waals surface area contributed by atoms with Crippen molar-refractivity contribution >= 4 is 11.7 Å². The third-order valence-electron chi connectivity index (χ3n) is 3.05. The summed E-state index contributed by atoms with van der Waals surface area (Å²) in [6.45, 7) is 4.45. The van der Waals surface area contributed by atoms with Crippen LogP contribution in [0, 0.1) is 0 Å². The lowest BCUT2D eigenvalue weighted by atomic mass is 10.1. The number of methoxy groups -OCH3 is 1. The van der Waals surface area contributed by atoms with Gasteiger partial charge >= 0.3 is 5.97 Å². The van der Waals surface area contributed by atoms with Crippen molar-refractivity contribution in [1.29, 1.82) is 0 Å². The van der Waals surface area contributed by atoms with Crippen LogP contribution in [0.4, 0.5) is 5.69 Å². The van der Waals surface area contributed by atoms with E-state index < -0.39 is 5.97 Å². The number of ether oxygens (including phenoxy) is 2. The standard InChI is InChI=1S/C13H21N3O3/c1-13(2,16(3)4)8-19-11-10(12(17)18-5)6-9(14)7-15-11/h6-7H,8,14H2,1-5H3. The van der Waals surface area contributed by atoms with Crippen LogP contribution in [0.15, 0.2) is 12.3 Å². The summed E-state index contributed by atoms with van der Waals surface area (Å²) in [6.07, 6.45) is 1.45. The number of anilines is 1. The van der Waals surface area contributed by atoms with Crippen molar-refractivity contribution < 1.29 is 14.3 Å². The van der Waals surface area contributed by atoms with Crippen molar-refractivity contribution in [3.05, 3.63) is 17.8 Å². The summed E-state index contributed by atoms with van der Waals surface area (Å²) >= 11 is 0. The molecule has 0 spiro atoms. The molecular formula is C13H21N3O3. The van der Waals surface area contributed by atoms with Gasteiger partial charge in [-0.3, -0.25) is 0 Å². The van der Waals surface area contributed by atoms with Crippen LogP contribution in [0.3, 0.4) is 0 Å². The zero-order valence-corrected chi connectivity index (χ0v) is 12.1. The molecule has 0 fully saturated rings. The van der Waals surface area contributed by atoms with Crippen LogP contribution in [-0.2, 0) is 4.74 Å². The van der Waals surface area contributed by atoms with Gasteiger partial charge < -0.3 is 20.1 Å². The number of hydrogen-bond acceptors (Lipinski definition) is 6. The normalized spacial score (nSPS) is 11.5. The summed E-state index contributed by atoms with van der Waals surface area (Å²) < 4.78 is 10.3. The van der Waals surface area contributed by atoms with Gasteiger partial charge in [0.15, 0.2) is 0 Å². The molecule has 19 heavy (non-hydrogen) atoms. The van der Waals surface area contributed by atoms with Gasteiger partial charge in [0.1, 0.15) is 12.2 Å². The highest BCUT2D eigenvalue weighted by molar-refractivity contribution is 5.92. The first-order chi connectivity index (χ1) is 8.77. The highest BCUT2D eigenvalue weighted by Crippen LogP contribution is 2.21. The average Bonchev–Trinajstić information content (AvgIpc) is 2.36. The lowest BCUT2D eigenvalue weighted by Gasteiger charge is -2.32. The summed E-state index contributed by atoms with van der Waals surface area (Å²) in [5.74, 6) is -0.284. The number of nitrogens with zero attached hydrogens (tertiary/aromatic N) is 2. The number of nitrogen functional groups attached to an aromatic ring is 1. The molecule has 0 aromatic carbocycles. The lowest BCUT2D eigenvalue weighted by molar-refractivity contribution is 0.0587. The number of carbonyl (C=O) groups excluding carboxylic acids is 1. The molecular weight excluding hydrogens is 246 g/mol. The van der Waals surface area contributed by atoms with E-state index in [9.17, 15) is 4.79 Å². The van der Waals surface area contributed by atoms with E-state index >= 15 is 0 Å². The van der Waals surface area contributed by atoms with E-state index in [2.05, 4.69) is 9.72 Å². The summed E-state index contributed by atoms with van der Waals surface area (Å²) in [6, 6.07) is 1.50. The fraction of sp³-hybridized carbons (Fsp3) is 0.538. The fourth-order valence-corrected chi connectivity index (χ4v) is 1.21. The molecule has 1 aromatic rings. The topological polar surface area (TPSA) is 77.7 Å². The minimum Gasteiger partial charge on any atom is -0.475 e. The number of likely N-dealkylation sites (N-methyl/N-ethyl adjacent to an activating group) is 1. The van der Waals surface area contributed by atoms with Crippen LogP contribution < -0.4 is 10.5 Å². The van der Waals surface area contributed by atoms with Gasteiger partial charge in [0, 0.05) is 5.54 Å². The lowest BCUT2D eigenvalue weighted by Crippen LogP contribution is -2.43. The second kappa shape index (κ2) is 5.88. The molecule has 1 aromatic heterocycles. The van der Waals surface area contributed by atoms with Gasteiger partial charge in [-0.25, -0.2) is 9.78 Å². The SMILES string of the molecule is COC(=O)c1cc(N)cnc1OCC(C)(C)N(C)C. The van der Waals surface area contributed by atoms with E-state index in [4.69, 9.17) is 10.5 Å². The molecule has 0 saturated carbocycles. The monoisotopic (exact) mass is 267 g/mol. The Morgan fingerprint density at radius 3 is 2.63 bits per heavy atom. The molecule has 0 radical (unpaired) electrons. The molecule has 0 unspecified atom stereocenters. The van der Waals surface area contributed by atoms with Gasteiger partial charge in [0.05, 0.1) is 19.0 Å². The van der Waals surface area contributed by atoms with E-state index in [0.29, 0.717) is 12.3 Å². The van der Waals surface area contributed by atoms with E-state index in [0.717, 1.165) is 0 Å². The number of nitrogens with two attached hydrogens (primary N) is 1. The van der Waals surface area contributed by atoms with Crippen LogP contribution in [0.25, 0.3) is 0 Å². The van der Waals surface area contributed by atoms with E-state index in [1.165, 1.54) is 19.4 Å². The third-order valence-corrected chi connectivity index (χ3v) is 3.05. The molecule has 6 heteroatoms. The first kappa shape index (κ1) is 15.2. The molecule has 2 N–H and O–H groups in total. The van der Waals surface area contributed by atoms with Gasteiger partial charge in [-0.15, -0.1) is 0 Å². The molecule has 1 rings (SSSR count). The first-order valence-corrected chi connectivity index (χ1v) is 5.92. The molecule has 0 aliphatic heterocycles. The van der Waals surface area contributed by atoms with Gasteiger partial charge in [0.25, 0.3) is 0 Å². The summed E-state index contributed by atoms with van der Waals surface area (Å²) in [4.78, 5) is 17.7. The molecule has 106 valence electrons. The van der Waals surface area contributed by atoms with Crippen LogP contribution >= 0.6 is 0 Å². The Balaban J connectivity index is 2.92. The van der Waals surface area contributed by atoms with Crippen molar-refractivity contribution in [3.8, 4) is 5.88 Å². The number of pyridine rings is 1. The highest BCUT2D eigenvalue weighted by Gasteiger charge is 2.23. The Kier molecular flexibility index (Phi) is 4.72. The number of esters is 1. The van der Waals surface area contributed by atoms with Crippen molar-refractivity contribution in [2.24, 2.45) is 0 Å². The van der Waals surface area contributed by atoms with Crippen molar-refractivity contribution in [2.45, 2.75) is 19.4 Å². The summed E-state index contributed by atoms with van der Waals surface area (Å²) in [5, 5.41) is 0. The summed E-state index contributed by atoms with van der Waals surface area (Å²) in [5.41, 5.74) is 6.05. The second-order valence-corrected chi connectivity index (χ2v) is 5.11. The van der Waals surface area contributed by atoms with Crippen molar-refractivity contribution in [2.75, 3.05) is 33.5 Å². The Morgan fingerprint density at radius 2 is 2.11 bits per heavy atom. The third kappa shape index (κ3) is 3.82. The minimum atomic E-state index is -0.516. The maximum atomic E-state index is 11.6. The van der Waals surface area contributed by atoms with Gasteiger partial charge in [-0.05, 0) is 34.0 Å². The Hall–Kier alpha value is -1.82. The second-order valence-electron chi connectivity index (χ2n) is 5.11. The maximum absolute atomic E-state index is 11.6. The molecule has 0 aliphatic carbocycles. The quantitative estimate of drug-likeness (QED) is 0.807.